The van der Waals surface area contributed by atoms with Crippen molar-refractivity contribution in [3.8, 4) is 11.5 Å². The van der Waals surface area contributed by atoms with Crippen molar-refractivity contribution < 1.29 is 28.2 Å². The first kappa shape index (κ1) is 16.2. The van der Waals surface area contributed by atoms with Gasteiger partial charge in [-0.1, -0.05) is 12.1 Å². The van der Waals surface area contributed by atoms with Crippen molar-refractivity contribution >= 4 is 11.8 Å². The third-order valence-electron chi connectivity index (χ3n) is 2.78. The van der Waals surface area contributed by atoms with Gasteiger partial charge in [-0.3, -0.25) is 20.4 Å². The summed E-state index contributed by atoms with van der Waals surface area (Å²) in [5, 5.41) is 9.52. The average molecular weight is 322 g/mol. The van der Waals surface area contributed by atoms with E-state index < -0.39 is 18.4 Å². The molecule has 2 aromatic carbocycles. The maximum atomic E-state index is 12.0. The second kappa shape index (κ2) is 7.21. The van der Waals surface area contributed by atoms with Crippen LogP contribution in [0.2, 0.25) is 0 Å². The lowest BCUT2D eigenvalue weighted by atomic mass is 10.2. The predicted octanol–water partition coefficient (Wildman–Crippen LogP) is 2.07. The molecule has 23 heavy (non-hydrogen) atoms. The van der Waals surface area contributed by atoms with Gasteiger partial charge < -0.3 is 9.84 Å². The van der Waals surface area contributed by atoms with Gasteiger partial charge >= 0.3 is 6.61 Å². The molecule has 0 fully saturated rings. The van der Waals surface area contributed by atoms with Gasteiger partial charge in [-0.05, 0) is 36.4 Å². The van der Waals surface area contributed by atoms with Gasteiger partial charge in [-0.25, -0.2) is 0 Å². The van der Waals surface area contributed by atoms with Crippen LogP contribution in [-0.2, 0) is 0 Å². The lowest BCUT2D eigenvalue weighted by Gasteiger charge is -2.09. The summed E-state index contributed by atoms with van der Waals surface area (Å²) in [6, 6.07) is 10.7. The number of benzene rings is 2. The van der Waals surface area contributed by atoms with E-state index in [1.54, 1.807) is 12.1 Å². The number of phenolic OH excluding ortho intramolecular Hbond substituents is 1. The summed E-state index contributed by atoms with van der Waals surface area (Å²) in [7, 11) is 0. The molecule has 0 aliphatic carbocycles. The topological polar surface area (TPSA) is 87.7 Å². The molecule has 0 radical (unpaired) electrons. The molecule has 120 valence electrons. The zero-order valence-corrected chi connectivity index (χ0v) is 11.6. The van der Waals surface area contributed by atoms with Crippen molar-refractivity contribution in [1.82, 2.24) is 10.9 Å². The summed E-state index contributed by atoms with van der Waals surface area (Å²) in [5.41, 5.74) is 4.40. The van der Waals surface area contributed by atoms with Crippen LogP contribution in [0.5, 0.6) is 11.5 Å². The van der Waals surface area contributed by atoms with Crippen LogP contribution >= 0.6 is 0 Å². The van der Waals surface area contributed by atoms with Crippen LogP contribution in [0, 0.1) is 0 Å². The SMILES string of the molecule is O=C(NNC(=O)c1ccccc1O)c1ccc(OC(F)F)cc1. The van der Waals surface area contributed by atoms with Crippen LogP contribution in [0.25, 0.3) is 0 Å². The second-order valence-electron chi connectivity index (χ2n) is 4.33. The minimum Gasteiger partial charge on any atom is -0.507 e. The molecule has 3 N–H and O–H groups in total. The number of carbonyl (C=O) groups is 2. The minimum absolute atomic E-state index is 0.00604. The van der Waals surface area contributed by atoms with Crippen LogP contribution in [0.3, 0.4) is 0 Å². The number of para-hydroxylation sites is 1. The summed E-state index contributed by atoms with van der Waals surface area (Å²) in [4.78, 5) is 23.6. The molecule has 0 aromatic heterocycles. The first-order chi connectivity index (χ1) is 11.0. The van der Waals surface area contributed by atoms with Gasteiger partial charge in [0.05, 0.1) is 5.56 Å². The molecule has 0 saturated heterocycles. The second-order valence-corrected chi connectivity index (χ2v) is 4.33. The van der Waals surface area contributed by atoms with Gasteiger partial charge in [0.2, 0.25) is 0 Å². The maximum absolute atomic E-state index is 12.0. The van der Waals surface area contributed by atoms with Crippen molar-refractivity contribution in [3.05, 3.63) is 59.7 Å². The number of alkyl halides is 2. The Kier molecular flexibility index (Phi) is 5.08. The average Bonchev–Trinajstić information content (AvgIpc) is 2.53. The highest BCUT2D eigenvalue weighted by atomic mass is 19.3. The number of halogens is 2. The van der Waals surface area contributed by atoms with E-state index in [4.69, 9.17) is 0 Å². The van der Waals surface area contributed by atoms with Gasteiger partial charge in [0.1, 0.15) is 11.5 Å². The highest BCUT2D eigenvalue weighted by Gasteiger charge is 2.12. The standard InChI is InChI=1S/C15H12F2N2O4/c16-15(17)23-10-7-5-9(6-8-10)13(21)18-19-14(22)11-3-1-2-4-12(11)20/h1-8,15,20H,(H,18,21)(H,19,22). The molecule has 2 rings (SSSR count). The van der Waals surface area contributed by atoms with E-state index in [0.29, 0.717) is 0 Å². The Hall–Kier alpha value is -3.16. The van der Waals surface area contributed by atoms with Gasteiger partial charge in [-0.15, -0.1) is 0 Å². The molecule has 6 nitrogen and oxygen atoms in total. The number of hydrogen-bond acceptors (Lipinski definition) is 4. The van der Waals surface area contributed by atoms with Crippen molar-refractivity contribution in [2.75, 3.05) is 0 Å². The van der Waals surface area contributed by atoms with Crippen LogP contribution in [0.15, 0.2) is 48.5 Å². The first-order valence-electron chi connectivity index (χ1n) is 6.41. The largest absolute Gasteiger partial charge is 0.507 e. The lowest BCUT2D eigenvalue weighted by molar-refractivity contribution is -0.0498. The molecular formula is C15H12F2N2O4. The van der Waals surface area contributed by atoms with Crippen LogP contribution in [0.4, 0.5) is 8.78 Å². The number of aromatic hydroxyl groups is 1. The smallest absolute Gasteiger partial charge is 0.387 e. The Morgan fingerprint density at radius 1 is 0.957 bits per heavy atom. The molecular weight excluding hydrogens is 310 g/mol. The summed E-state index contributed by atoms with van der Waals surface area (Å²) in [5.74, 6) is -1.67. The summed E-state index contributed by atoms with van der Waals surface area (Å²) >= 11 is 0. The van der Waals surface area contributed by atoms with E-state index >= 15 is 0 Å². The number of rotatable bonds is 4. The van der Waals surface area contributed by atoms with Gasteiger partial charge in [0.25, 0.3) is 11.8 Å². The molecule has 8 heteroatoms. The Bertz CT molecular complexity index is 705. The Labute approximate surface area is 129 Å². The predicted molar refractivity (Wildman–Crippen MR) is 76.1 cm³/mol. The normalized spacial score (nSPS) is 10.2. The molecule has 0 spiro atoms. The number of ether oxygens (including phenoxy) is 1. The third kappa shape index (κ3) is 4.40. The fourth-order valence-electron chi connectivity index (χ4n) is 1.71. The van der Waals surface area contributed by atoms with Crippen molar-refractivity contribution in [1.29, 1.82) is 0 Å². The van der Waals surface area contributed by atoms with Gasteiger partial charge in [0, 0.05) is 5.56 Å². The number of nitrogens with one attached hydrogen (secondary N) is 2. The fourth-order valence-corrected chi connectivity index (χ4v) is 1.71. The lowest BCUT2D eigenvalue weighted by Crippen LogP contribution is -2.41. The molecule has 0 heterocycles. The number of phenols is 1. The minimum atomic E-state index is -2.95. The monoisotopic (exact) mass is 322 g/mol. The zero-order valence-electron chi connectivity index (χ0n) is 11.6. The van der Waals surface area contributed by atoms with E-state index in [0.717, 1.165) is 0 Å². The summed E-state index contributed by atoms with van der Waals surface area (Å²) < 4.78 is 28.2. The summed E-state index contributed by atoms with van der Waals surface area (Å²) in [6.45, 7) is -2.95. The number of carbonyl (C=O) groups excluding carboxylic acids is 2. The van der Waals surface area contributed by atoms with Crippen LogP contribution < -0.4 is 15.6 Å². The number of hydrogen-bond donors (Lipinski definition) is 3. The van der Waals surface area contributed by atoms with E-state index in [2.05, 4.69) is 15.6 Å². The van der Waals surface area contributed by atoms with E-state index in [9.17, 15) is 23.5 Å². The molecule has 0 bridgehead atoms. The first-order valence-corrected chi connectivity index (χ1v) is 6.41. The number of hydrazine groups is 1. The highest BCUT2D eigenvalue weighted by Crippen LogP contribution is 2.16. The fraction of sp³-hybridized carbons (Fsp3) is 0.0667. The molecule has 0 aliphatic heterocycles. The third-order valence-corrected chi connectivity index (χ3v) is 2.78. The van der Waals surface area contributed by atoms with E-state index in [1.807, 2.05) is 0 Å². The molecule has 0 aliphatic rings. The maximum Gasteiger partial charge on any atom is 0.387 e. The molecule has 0 saturated carbocycles. The van der Waals surface area contributed by atoms with E-state index in [1.165, 1.54) is 36.4 Å². The van der Waals surface area contributed by atoms with Gasteiger partial charge in [-0.2, -0.15) is 8.78 Å². The van der Waals surface area contributed by atoms with Crippen LogP contribution in [0.1, 0.15) is 20.7 Å². The van der Waals surface area contributed by atoms with Crippen molar-refractivity contribution in [2.45, 2.75) is 6.61 Å². The Morgan fingerprint density at radius 2 is 1.57 bits per heavy atom. The molecule has 0 unspecified atom stereocenters. The van der Waals surface area contributed by atoms with Gasteiger partial charge in [0.15, 0.2) is 0 Å². The Balaban J connectivity index is 1.94. The molecule has 0 atom stereocenters. The summed E-state index contributed by atoms with van der Waals surface area (Å²) in [6.07, 6.45) is 0. The number of amides is 2. The zero-order chi connectivity index (χ0) is 16.8. The Morgan fingerprint density at radius 3 is 2.17 bits per heavy atom. The molecule has 2 amide bonds. The quantitative estimate of drug-likeness (QED) is 0.752. The van der Waals surface area contributed by atoms with E-state index in [-0.39, 0.29) is 22.6 Å². The van der Waals surface area contributed by atoms with Crippen molar-refractivity contribution in [3.63, 3.8) is 0 Å². The molecule has 2 aromatic rings. The van der Waals surface area contributed by atoms with Crippen molar-refractivity contribution in [2.24, 2.45) is 0 Å². The van der Waals surface area contributed by atoms with Crippen LogP contribution in [-0.4, -0.2) is 23.5 Å². The highest BCUT2D eigenvalue weighted by molar-refractivity contribution is 6.00.